The van der Waals surface area contributed by atoms with Gasteiger partial charge < -0.3 is 20.4 Å². The van der Waals surface area contributed by atoms with Crippen molar-refractivity contribution in [2.24, 2.45) is 0 Å². The zero-order valence-electron chi connectivity index (χ0n) is 27.6. The second kappa shape index (κ2) is 13.2. The number of thioether (sulfide) groups is 4. The van der Waals surface area contributed by atoms with Gasteiger partial charge in [0.25, 0.3) is 0 Å². The van der Waals surface area contributed by atoms with Crippen molar-refractivity contribution in [3.8, 4) is 45.3 Å². The van der Waals surface area contributed by atoms with Crippen LogP contribution in [0.1, 0.15) is 94.9 Å². The van der Waals surface area contributed by atoms with Crippen LogP contribution >= 0.6 is 47.0 Å². The van der Waals surface area contributed by atoms with Crippen molar-refractivity contribution < 1.29 is 20.4 Å². The first-order valence-electron chi connectivity index (χ1n) is 16.0. The monoisotopic (exact) mass is 726 g/mol. The van der Waals surface area contributed by atoms with Gasteiger partial charge >= 0.3 is 0 Å². The van der Waals surface area contributed by atoms with Crippen molar-refractivity contribution in [3.63, 3.8) is 0 Å². The van der Waals surface area contributed by atoms with Crippen molar-refractivity contribution in [2.45, 2.75) is 75.4 Å². The van der Waals surface area contributed by atoms with E-state index in [1.807, 2.05) is 0 Å². The van der Waals surface area contributed by atoms with Crippen LogP contribution in [0.3, 0.4) is 0 Å². The molecule has 0 unspecified atom stereocenters. The highest BCUT2D eigenvalue weighted by Gasteiger charge is 2.38. The molecule has 254 valence electrons. The molecule has 48 heavy (non-hydrogen) atoms. The molecule has 0 atom stereocenters. The van der Waals surface area contributed by atoms with E-state index in [9.17, 15) is 39.6 Å². The first-order valence-corrected chi connectivity index (χ1v) is 20.2. The summed E-state index contributed by atoms with van der Waals surface area (Å²) in [5.74, 6) is 0.640. The lowest BCUT2D eigenvalue weighted by atomic mass is 9.80. The Morgan fingerprint density at radius 1 is 0.500 bits per heavy atom. The van der Waals surface area contributed by atoms with Gasteiger partial charge in [-0.05, 0) is 61.5 Å². The number of phenols is 4. The number of fused-ring (bicyclic) bond motifs is 2. The maximum Gasteiger partial charge on any atom is 0.231 e. The summed E-state index contributed by atoms with van der Waals surface area (Å²) in [6.07, 6.45) is 1.84. The van der Waals surface area contributed by atoms with Crippen LogP contribution in [0.5, 0.6) is 23.0 Å². The van der Waals surface area contributed by atoms with Crippen molar-refractivity contribution in [1.29, 1.82) is 0 Å². The molecule has 8 nitrogen and oxygen atoms in total. The number of phenolic OH excluding ortho intramolecular Hbond substituents is 4. The van der Waals surface area contributed by atoms with Gasteiger partial charge in [-0.2, -0.15) is 0 Å². The van der Waals surface area contributed by atoms with Crippen molar-refractivity contribution in [2.75, 3.05) is 23.0 Å². The Balaban J connectivity index is 1.84. The zero-order valence-corrected chi connectivity index (χ0v) is 30.9. The Kier molecular flexibility index (Phi) is 9.60. The summed E-state index contributed by atoms with van der Waals surface area (Å²) in [5.41, 5.74) is -2.60. The second-order valence-electron chi connectivity index (χ2n) is 13.0. The molecule has 12 heteroatoms. The summed E-state index contributed by atoms with van der Waals surface area (Å²) in [7, 11) is 0. The highest BCUT2D eigenvalue weighted by molar-refractivity contribution is 8.17. The fourth-order valence-electron chi connectivity index (χ4n) is 7.15. The topological polar surface area (TPSA) is 149 Å². The molecule has 0 saturated carbocycles. The summed E-state index contributed by atoms with van der Waals surface area (Å²) < 4.78 is -0.918. The maximum atomic E-state index is 14.9. The normalized spacial score (nSPS) is 16.6. The average molecular weight is 727 g/mol. The van der Waals surface area contributed by atoms with Crippen LogP contribution in [-0.2, 0) is 0 Å². The summed E-state index contributed by atoms with van der Waals surface area (Å²) in [6, 6.07) is 0. The van der Waals surface area contributed by atoms with E-state index >= 15 is 0 Å². The molecule has 2 aliphatic carbocycles. The fourth-order valence-corrected chi connectivity index (χ4v) is 13.1. The molecule has 2 aromatic carbocycles. The molecule has 0 bridgehead atoms. The minimum Gasteiger partial charge on any atom is -0.507 e. The van der Waals surface area contributed by atoms with Crippen LogP contribution in [0, 0.1) is 13.8 Å². The van der Waals surface area contributed by atoms with Crippen LogP contribution in [-0.4, -0.2) is 43.4 Å². The van der Waals surface area contributed by atoms with Gasteiger partial charge in [-0.25, -0.2) is 0 Å². The molecular weight excluding hydrogens is 689 g/mol. The molecule has 4 N–H and O–H groups in total. The van der Waals surface area contributed by atoms with E-state index < -0.39 is 48.3 Å². The third kappa shape index (κ3) is 5.24. The van der Waals surface area contributed by atoms with E-state index in [0.29, 0.717) is 0 Å². The number of hydrogen-bond acceptors (Lipinski definition) is 12. The van der Waals surface area contributed by atoms with Crippen LogP contribution in [0.2, 0.25) is 0 Å². The van der Waals surface area contributed by atoms with Crippen LogP contribution in [0.15, 0.2) is 19.2 Å². The largest absolute Gasteiger partial charge is 0.507 e. The van der Waals surface area contributed by atoms with Gasteiger partial charge in [0.15, 0.2) is 22.4 Å². The number of aromatic hydroxyl groups is 4. The predicted octanol–water partition coefficient (Wildman–Crippen LogP) is 7.35. The Labute approximate surface area is 294 Å². The van der Waals surface area contributed by atoms with Gasteiger partial charge in [0, 0.05) is 66.4 Å². The van der Waals surface area contributed by atoms with E-state index in [0.717, 1.165) is 35.9 Å². The molecule has 2 heterocycles. The van der Waals surface area contributed by atoms with Gasteiger partial charge in [-0.3, -0.25) is 19.2 Å². The summed E-state index contributed by atoms with van der Waals surface area (Å²) in [5, 5.41) is 47.3. The third-order valence-corrected chi connectivity index (χ3v) is 15.3. The zero-order chi connectivity index (χ0) is 34.9. The molecule has 0 amide bonds. The summed E-state index contributed by atoms with van der Waals surface area (Å²) in [6.45, 7) is 10.0. The lowest BCUT2D eigenvalue weighted by Crippen LogP contribution is -2.39. The van der Waals surface area contributed by atoms with Gasteiger partial charge in [0.2, 0.25) is 10.9 Å². The Morgan fingerprint density at radius 2 is 1.02 bits per heavy atom. The van der Waals surface area contributed by atoms with E-state index in [2.05, 4.69) is 0 Å². The van der Waals surface area contributed by atoms with Gasteiger partial charge in [0.05, 0.1) is 9.16 Å². The average Bonchev–Trinajstić information content (AvgIpc) is 3.06. The molecule has 0 radical (unpaired) electrons. The molecule has 6 rings (SSSR count). The quantitative estimate of drug-likeness (QED) is 0.0926. The summed E-state index contributed by atoms with van der Waals surface area (Å²) in [4.78, 5) is 56.7. The predicted molar refractivity (Wildman–Crippen MR) is 202 cm³/mol. The maximum absolute atomic E-state index is 14.9. The molecule has 0 spiro atoms. The Hall–Kier alpha value is -2.80. The molecule has 2 fully saturated rings. The van der Waals surface area contributed by atoms with Crippen molar-refractivity contribution in [1.82, 2.24) is 0 Å². The Bertz CT molecular complexity index is 2160. The van der Waals surface area contributed by atoms with Gasteiger partial charge in [-0.15, -0.1) is 47.0 Å². The second-order valence-corrected chi connectivity index (χ2v) is 18.5. The van der Waals surface area contributed by atoms with Gasteiger partial charge in [0.1, 0.15) is 11.5 Å². The van der Waals surface area contributed by atoms with Crippen LogP contribution < -0.4 is 21.7 Å². The smallest absolute Gasteiger partial charge is 0.231 e. The molecule has 2 saturated heterocycles. The van der Waals surface area contributed by atoms with Crippen LogP contribution in [0.25, 0.3) is 33.0 Å². The highest BCUT2D eigenvalue weighted by atomic mass is 32.2. The molecule has 0 aromatic heterocycles. The molecular formula is C36H38O8S4. The SMILES string of the molecule is Cc1c(-c2c(C)c(=O)c3c(C(C)C)c(=O)c(=O)c(C4SCCCS4)c-3c2=O)c(O)c2c(C3SCCCS3)c(O)c(O)c(C(C)C)c2c1O. The van der Waals surface area contributed by atoms with Gasteiger partial charge in [-0.1, -0.05) is 27.7 Å². The lowest BCUT2D eigenvalue weighted by Gasteiger charge is -2.28. The fraction of sp³-hybridized carbons (Fsp3) is 0.444. The first kappa shape index (κ1) is 35.0. The number of benzene rings is 4. The standard InChI is InChI=1S/C36H38O8S4/c1-13(2)17-21-23(25(33(43)31(17)41)35-45-9-7-10-46-35)29(39)19(15(5)27(21)37)20-16(6)28(38)22-18(14(3)4)32(42)34(44)26(24(22)30(20)40)36-47-11-8-12-48-36/h13-14,35-37,39,41,43H,7-12H2,1-6H3. The van der Waals surface area contributed by atoms with E-state index in [-0.39, 0.29) is 83.8 Å². The first-order chi connectivity index (χ1) is 22.7. The highest BCUT2D eigenvalue weighted by Crippen LogP contribution is 2.59. The minimum absolute atomic E-state index is 0.0132. The molecule has 2 aliphatic heterocycles. The molecule has 2 aromatic rings. The summed E-state index contributed by atoms with van der Waals surface area (Å²) >= 11 is 6.01. The van der Waals surface area contributed by atoms with E-state index in [4.69, 9.17) is 0 Å². The van der Waals surface area contributed by atoms with Crippen molar-refractivity contribution >= 4 is 57.8 Å². The van der Waals surface area contributed by atoms with E-state index in [1.165, 1.54) is 37.4 Å². The third-order valence-electron chi connectivity index (χ3n) is 9.38. The van der Waals surface area contributed by atoms with Crippen molar-refractivity contribution in [3.05, 3.63) is 74.3 Å². The minimum atomic E-state index is -0.790. The van der Waals surface area contributed by atoms with E-state index in [1.54, 1.807) is 51.2 Å². The molecule has 4 aliphatic rings. The number of hydrogen-bond donors (Lipinski definition) is 4. The lowest BCUT2D eigenvalue weighted by molar-refractivity contribution is 0.395. The Morgan fingerprint density at radius 3 is 1.54 bits per heavy atom. The number of rotatable bonds is 5. The van der Waals surface area contributed by atoms with Crippen LogP contribution in [0.4, 0.5) is 0 Å².